The van der Waals surface area contributed by atoms with E-state index in [9.17, 15) is 9.90 Å². The Hall–Kier alpha value is -0.870. The lowest BCUT2D eigenvalue weighted by Crippen LogP contribution is -2.43. The fraction of sp³-hybridized carbons (Fsp3) is 0.870. The number of carbonyl (C=O) groups excluding carboxylic acids is 1. The van der Waals surface area contributed by atoms with Gasteiger partial charge in [-0.2, -0.15) is 0 Å². The van der Waals surface area contributed by atoms with Gasteiger partial charge in [0, 0.05) is 6.42 Å². The van der Waals surface area contributed by atoms with Gasteiger partial charge in [-0.05, 0) is 67.1 Å². The first-order valence-electron chi connectivity index (χ1n) is 10.7. The first kappa shape index (κ1) is 22.4. The van der Waals surface area contributed by atoms with Gasteiger partial charge in [0.15, 0.2) is 0 Å². The van der Waals surface area contributed by atoms with Crippen molar-refractivity contribution in [2.75, 3.05) is 13.2 Å². The van der Waals surface area contributed by atoms with E-state index < -0.39 is 6.10 Å². The minimum atomic E-state index is -0.982. The van der Waals surface area contributed by atoms with Crippen LogP contribution >= 0.6 is 0 Å². The summed E-state index contributed by atoms with van der Waals surface area (Å²) in [5.41, 5.74) is 2.30. The van der Waals surface area contributed by atoms with Crippen LogP contribution in [-0.2, 0) is 9.53 Å². The van der Waals surface area contributed by atoms with E-state index in [2.05, 4.69) is 40.7 Å². The molecule has 0 aliphatic heterocycles. The number of rotatable bonds is 8. The number of aliphatic hydroxyl groups is 2. The van der Waals surface area contributed by atoms with Gasteiger partial charge in [-0.25, -0.2) is 0 Å². The Bertz CT molecular complexity index is 538. The molecule has 2 rings (SSSR count). The maximum atomic E-state index is 12.0. The van der Waals surface area contributed by atoms with E-state index >= 15 is 0 Å². The van der Waals surface area contributed by atoms with Gasteiger partial charge >= 0.3 is 5.97 Å². The van der Waals surface area contributed by atoms with E-state index in [1.165, 1.54) is 25.7 Å². The lowest BCUT2D eigenvalue weighted by Gasteiger charge is -2.53. The SMILES string of the molecule is CC(CC[C@]1(C)C2=CCCC(C)(C)C2CC[C@@H]1C)CC(=O)OC[C@H](O)CO. The topological polar surface area (TPSA) is 66.8 Å². The fourth-order valence-electron chi connectivity index (χ4n) is 5.16. The van der Waals surface area contributed by atoms with E-state index in [1.807, 2.05) is 0 Å². The van der Waals surface area contributed by atoms with Gasteiger partial charge < -0.3 is 14.9 Å². The van der Waals surface area contributed by atoms with Crippen molar-refractivity contribution in [2.24, 2.45) is 28.6 Å². The molecule has 156 valence electrons. The molecule has 5 atom stereocenters. The summed E-state index contributed by atoms with van der Waals surface area (Å²) in [5.74, 6) is 1.35. The Morgan fingerprint density at radius 2 is 2.04 bits per heavy atom. The van der Waals surface area contributed by atoms with Crippen molar-refractivity contribution < 1.29 is 19.7 Å². The van der Waals surface area contributed by atoms with Gasteiger partial charge in [-0.3, -0.25) is 4.79 Å². The second-order valence-corrected chi connectivity index (χ2v) is 10.0. The van der Waals surface area contributed by atoms with E-state index in [4.69, 9.17) is 9.84 Å². The predicted octanol–water partition coefficient (Wildman–Crippen LogP) is 4.49. The number of aliphatic hydroxyl groups excluding tert-OH is 2. The first-order valence-corrected chi connectivity index (χ1v) is 10.7. The van der Waals surface area contributed by atoms with E-state index in [1.54, 1.807) is 5.57 Å². The van der Waals surface area contributed by atoms with Crippen LogP contribution < -0.4 is 0 Å². The molecule has 4 nitrogen and oxygen atoms in total. The van der Waals surface area contributed by atoms with Gasteiger partial charge in [0.1, 0.15) is 12.7 Å². The quantitative estimate of drug-likeness (QED) is 0.481. The largest absolute Gasteiger partial charge is 0.463 e. The molecule has 2 aliphatic carbocycles. The molecule has 2 N–H and O–H groups in total. The molecule has 2 unspecified atom stereocenters. The minimum Gasteiger partial charge on any atom is -0.463 e. The summed E-state index contributed by atoms with van der Waals surface area (Å²) in [4.78, 5) is 12.0. The molecular weight excluding hydrogens is 340 g/mol. The summed E-state index contributed by atoms with van der Waals surface area (Å²) in [5, 5.41) is 18.1. The van der Waals surface area contributed by atoms with E-state index in [-0.39, 0.29) is 30.5 Å². The van der Waals surface area contributed by atoms with Crippen LogP contribution in [0.25, 0.3) is 0 Å². The highest BCUT2D eigenvalue weighted by atomic mass is 16.5. The highest BCUT2D eigenvalue weighted by molar-refractivity contribution is 5.69. The molecule has 0 bridgehead atoms. The van der Waals surface area contributed by atoms with Crippen molar-refractivity contribution in [3.05, 3.63) is 11.6 Å². The molecule has 1 saturated carbocycles. The van der Waals surface area contributed by atoms with Crippen LogP contribution in [0.2, 0.25) is 0 Å². The number of hydrogen-bond donors (Lipinski definition) is 2. The number of ether oxygens (including phenoxy) is 1. The predicted molar refractivity (Wildman–Crippen MR) is 108 cm³/mol. The Morgan fingerprint density at radius 3 is 2.70 bits per heavy atom. The summed E-state index contributed by atoms with van der Waals surface area (Å²) in [6.07, 6.45) is 9.11. The van der Waals surface area contributed by atoms with Gasteiger partial charge in [-0.1, -0.05) is 46.3 Å². The Morgan fingerprint density at radius 1 is 1.33 bits per heavy atom. The third-order valence-corrected chi connectivity index (χ3v) is 7.43. The molecule has 0 saturated heterocycles. The van der Waals surface area contributed by atoms with E-state index in [0.717, 1.165) is 12.8 Å². The molecule has 0 aromatic carbocycles. The summed E-state index contributed by atoms with van der Waals surface area (Å²) in [7, 11) is 0. The molecule has 0 radical (unpaired) electrons. The maximum Gasteiger partial charge on any atom is 0.306 e. The van der Waals surface area contributed by atoms with Crippen LogP contribution in [0.1, 0.15) is 79.6 Å². The average Bonchev–Trinajstić information content (AvgIpc) is 2.61. The van der Waals surface area contributed by atoms with Crippen LogP contribution in [0.4, 0.5) is 0 Å². The molecule has 0 aromatic heterocycles. The smallest absolute Gasteiger partial charge is 0.306 e. The molecule has 27 heavy (non-hydrogen) atoms. The van der Waals surface area contributed by atoms with E-state index in [0.29, 0.717) is 23.7 Å². The fourth-order valence-corrected chi connectivity index (χ4v) is 5.16. The Kier molecular flexibility index (Phi) is 7.54. The second-order valence-electron chi connectivity index (χ2n) is 10.0. The third kappa shape index (κ3) is 5.35. The summed E-state index contributed by atoms with van der Waals surface area (Å²) in [6.45, 7) is 11.3. The highest BCUT2D eigenvalue weighted by Gasteiger charge is 2.47. The van der Waals surface area contributed by atoms with Crippen LogP contribution in [0.15, 0.2) is 11.6 Å². The summed E-state index contributed by atoms with van der Waals surface area (Å²) in [6, 6.07) is 0. The molecule has 0 spiro atoms. The van der Waals surface area contributed by atoms with Crippen molar-refractivity contribution >= 4 is 5.97 Å². The zero-order valence-electron chi connectivity index (χ0n) is 18.0. The molecule has 0 heterocycles. The van der Waals surface area contributed by atoms with Crippen molar-refractivity contribution in [3.63, 3.8) is 0 Å². The van der Waals surface area contributed by atoms with Crippen LogP contribution in [-0.4, -0.2) is 35.5 Å². The van der Waals surface area contributed by atoms with Crippen molar-refractivity contribution in [1.82, 2.24) is 0 Å². The minimum absolute atomic E-state index is 0.125. The Labute approximate surface area is 165 Å². The number of carbonyl (C=O) groups is 1. The number of esters is 1. The van der Waals surface area contributed by atoms with Gasteiger partial charge in [0.2, 0.25) is 0 Å². The van der Waals surface area contributed by atoms with Crippen molar-refractivity contribution in [1.29, 1.82) is 0 Å². The molecular formula is C23H40O4. The summed E-state index contributed by atoms with van der Waals surface area (Å²) >= 11 is 0. The van der Waals surface area contributed by atoms with Gasteiger partial charge in [0.25, 0.3) is 0 Å². The highest BCUT2D eigenvalue weighted by Crippen LogP contribution is 2.58. The average molecular weight is 381 g/mol. The first-order chi connectivity index (χ1) is 12.6. The standard InChI is InChI=1S/C23H40O4/c1-16(13-21(26)27-15-18(25)14-24)10-12-23(5)17(2)8-9-19-20(23)7-6-11-22(19,3)4/h7,16-19,24-25H,6,8-15H2,1-5H3/t16?,17-,18+,19?,23-/m0/s1. The molecule has 4 heteroatoms. The summed E-state index contributed by atoms with van der Waals surface area (Å²) < 4.78 is 5.06. The number of allylic oxidation sites excluding steroid dienone is 2. The lowest BCUT2D eigenvalue weighted by atomic mass is 9.52. The normalized spacial score (nSPS) is 32.2. The molecule has 0 amide bonds. The van der Waals surface area contributed by atoms with Crippen molar-refractivity contribution in [2.45, 2.75) is 85.7 Å². The van der Waals surface area contributed by atoms with Crippen LogP contribution in [0, 0.1) is 28.6 Å². The monoisotopic (exact) mass is 380 g/mol. The zero-order chi connectivity index (χ0) is 20.2. The number of hydrogen-bond acceptors (Lipinski definition) is 4. The van der Waals surface area contributed by atoms with Gasteiger partial charge in [0.05, 0.1) is 6.61 Å². The van der Waals surface area contributed by atoms with Crippen molar-refractivity contribution in [3.8, 4) is 0 Å². The van der Waals surface area contributed by atoms with Crippen LogP contribution in [0.5, 0.6) is 0 Å². The Balaban J connectivity index is 1.94. The molecule has 2 aliphatic rings. The number of fused-ring (bicyclic) bond motifs is 1. The lowest BCUT2D eigenvalue weighted by molar-refractivity contribution is -0.148. The van der Waals surface area contributed by atoms with Crippen LogP contribution in [0.3, 0.4) is 0 Å². The zero-order valence-corrected chi connectivity index (χ0v) is 18.0. The van der Waals surface area contributed by atoms with Gasteiger partial charge in [-0.15, -0.1) is 0 Å². The second kappa shape index (κ2) is 9.09. The maximum absolute atomic E-state index is 12.0. The molecule has 1 fully saturated rings. The molecule has 0 aromatic rings. The third-order valence-electron chi connectivity index (χ3n) is 7.43.